The number of rotatable bonds is 4. The van der Waals surface area contributed by atoms with Gasteiger partial charge < -0.3 is 10.2 Å². The Kier molecular flexibility index (Phi) is 4.64. The molecule has 0 bridgehead atoms. The van der Waals surface area contributed by atoms with Gasteiger partial charge in [-0.3, -0.25) is 14.3 Å². The van der Waals surface area contributed by atoms with E-state index in [1.54, 1.807) is 13.2 Å². The highest BCUT2D eigenvalue weighted by atomic mass is 16.2. The van der Waals surface area contributed by atoms with Gasteiger partial charge in [-0.25, -0.2) is 0 Å². The molecule has 1 aromatic carbocycles. The number of hydrogen-bond donors (Lipinski definition) is 1. The summed E-state index contributed by atoms with van der Waals surface area (Å²) >= 11 is 0. The minimum absolute atomic E-state index is 0.0470. The average molecular weight is 326 g/mol. The van der Waals surface area contributed by atoms with Crippen molar-refractivity contribution in [1.82, 2.24) is 20.0 Å². The minimum Gasteiger partial charge on any atom is -0.359 e. The van der Waals surface area contributed by atoms with Crippen molar-refractivity contribution in [3.8, 4) is 0 Å². The zero-order valence-corrected chi connectivity index (χ0v) is 14.0. The molecule has 2 aromatic rings. The number of nitrogens with zero attached hydrogens (tertiary/aromatic N) is 3. The second kappa shape index (κ2) is 6.86. The number of aryl methyl sites for hydroxylation is 1. The lowest BCUT2D eigenvalue weighted by Gasteiger charge is -2.33. The number of hydrogen-bond acceptors (Lipinski definition) is 3. The zero-order chi connectivity index (χ0) is 17.1. The molecule has 3 rings (SSSR count). The van der Waals surface area contributed by atoms with Gasteiger partial charge in [-0.15, -0.1) is 0 Å². The molecular formula is C18H22N4O2. The first-order chi connectivity index (χ1) is 11.6. The summed E-state index contributed by atoms with van der Waals surface area (Å²) in [6.07, 6.45) is 2.42. The van der Waals surface area contributed by atoms with Gasteiger partial charge >= 0.3 is 0 Å². The van der Waals surface area contributed by atoms with E-state index in [2.05, 4.69) is 10.4 Å². The van der Waals surface area contributed by atoms with Crippen molar-refractivity contribution in [2.45, 2.75) is 32.4 Å². The predicted molar refractivity (Wildman–Crippen MR) is 90.2 cm³/mol. The molecular weight excluding hydrogens is 304 g/mol. The highest BCUT2D eigenvalue weighted by molar-refractivity contribution is 5.79. The van der Waals surface area contributed by atoms with Crippen LogP contribution in [0.2, 0.25) is 0 Å². The van der Waals surface area contributed by atoms with Crippen LogP contribution in [0, 0.1) is 6.92 Å². The van der Waals surface area contributed by atoms with E-state index in [1.807, 2.05) is 46.8 Å². The summed E-state index contributed by atoms with van der Waals surface area (Å²) in [5, 5.41) is 6.95. The fourth-order valence-electron chi connectivity index (χ4n) is 3.04. The molecule has 6 heteroatoms. The topological polar surface area (TPSA) is 67.2 Å². The molecule has 6 nitrogen and oxygen atoms in total. The van der Waals surface area contributed by atoms with Gasteiger partial charge in [-0.1, -0.05) is 29.8 Å². The first-order valence-electron chi connectivity index (χ1n) is 8.13. The van der Waals surface area contributed by atoms with E-state index in [0.717, 1.165) is 11.3 Å². The van der Waals surface area contributed by atoms with Gasteiger partial charge in [0.25, 0.3) is 0 Å². The van der Waals surface area contributed by atoms with Crippen molar-refractivity contribution in [1.29, 1.82) is 0 Å². The highest BCUT2D eigenvalue weighted by Gasteiger charge is 2.29. The van der Waals surface area contributed by atoms with E-state index in [-0.39, 0.29) is 17.9 Å². The normalized spacial score (nSPS) is 16.6. The van der Waals surface area contributed by atoms with E-state index < -0.39 is 0 Å². The van der Waals surface area contributed by atoms with Crippen molar-refractivity contribution in [3.05, 3.63) is 53.3 Å². The first kappa shape index (κ1) is 16.2. The van der Waals surface area contributed by atoms with Crippen molar-refractivity contribution in [2.75, 3.05) is 13.6 Å². The van der Waals surface area contributed by atoms with E-state index in [1.165, 1.54) is 5.56 Å². The summed E-state index contributed by atoms with van der Waals surface area (Å²) in [7, 11) is 1.62. The Morgan fingerprint density at radius 2 is 2.00 bits per heavy atom. The van der Waals surface area contributed by atoms with E-state index in [4.69, 9.17) is 0 Å². The van der Waals surface area contributed by atoms with Gasteiger partial charge in [0.1, 0.15) is 0 Å². The van der Waals surface area contributed by atoms with Crippen LogP contribution >= 0.6 is 0 Å². The number of aromatic nitrogens is 2. The number of carbonyl (C=O) groups is 2. The molecule has 1 N–H and O–H groups in total. The Morgan fingerprint density at radius 3 is 2.71 bits per heavy atom. The van der Waals surface area contributed by atoms with Crippen molar-refractivity contribution in [2.24, 2.45) is 0 Å². The van der Waals surface area contributed by atoms with Crippen LogP contribution in [0.5, 0.6) is 0 Å². The number of carbonyl (C=O) groups excluding carboxylic acids is 2. The van der Waals surface area contributed by atoms with E-state index >= 15 is 0 Å². The summed E-state index contributed by atoms with van der Waals surface area (Å²) in [6, 6.07) is 9.80. The fourth-order valence-corrected chi connectivity index (χ4v) is 3.04. The van der Waals surface area contributed by atoms with Crippen LogP contribution in [0.25, 0.3) is 0 Å². The minimum atomic E-state index is -0.120. The molecule has 126 valence electrons. The van der Waals surface area contributed by atoms with Crippen LogP contribution in [-0.2, 0) is 22.6 Å². The monoisotopic (exact) mass is 326 g/mol. The van der Waals surface area contributed by atoms with Gasteiger partial charge in [0.05, 0.1) is 31.1 Å². The van der Waals surface area contributed by atoms with E-state index in [9.17, 15) is 9.59 Å². The van der Waals surface area contributed by atoms with Crippen molar-refractivity contribution >= 4 is 11.8 Å². The molecule has 1 atom stereocenters. The van der Waals surface area contributed by atoms with Crippen LogP contribution < -0.4 is 5.32 Å². The number of amides is 2. The third-order valence-electron chi connectivity index (χ3n) is 4.41. The number of benzene rings is 1. The van der Waals surface area contributed by atoms with Crippen LogP contribution in [0.4, 0.5) is 0 Å². The molecule has 0 spiro atoms. The number of nitrogens with one attached hydrogen (secondary N) is 1. The van der Waals surface area contributed by atoms with Crippen LogP contribution in [-0.4, -0.2) is 40.1 Å². The maximum Gasteiger partial charge on any atom is 0.227 e. The molecule has 0 radical (unpaired) electrons. The smallest absolute Gasteiger partial charge is 0.227 e. The third kappa shape index (κ3) is 3.48. The zero-order valence-electron chi connectivity index (χ0n) is 14.0. The lowest BCUT2D eigenvalue weighted by atomic mass is 10.1. The van der Waals surface area contributed by atoms with E-state index in [0.29, 0.717) is 25.9 Å². The molecule has 2 heterocycles. The summed E-state index contributed by atoms with van der Waals surface area (Å²) in [5.74, 6) is 0.0301. The maximum atomic E-state index is 12.7. The highest BCUT2D eigenvalue weighted by Crippen LogP contribution is 2.23. The van der Waals surface area contributed by atoms with Crippen LogP contribution in [0.3, 0.4) is 0 Å². The summed E-state index contributed by atoms with van der Waals surface area (Å²) in [4.78, 5) is 26.3. The second-order valence-electron chi connectivity index (χ2n) is 6.23. The summed E-state index contributed by atoms with van der Waals surface area (Å²) in [6.45, 7) is 3.07. The van der Waals surface area contributed by atoms with Crippen molar-refractivity contribution in [3.63, 3.8) is 0 Å². The number of fused-ring (bicyclic) bond motifs is 1. The maximum absolute atomic E-state index is 12.7. The second-order valence-corrected chi connectivity index (χ2v) is 6.23. The standard InChI is InChI=1S/C18H22N4O2/c1-13-3-5-14(6-4-13)9-18(24)21-11-15-7-8-20-22(15)16(12-21)10-17(23)19-2/h3-8,16H,9-12H2,1-2H3,(H,19,23)/t16-/m1/s1. The lowest BCUT2D eigenvalue weighted by Crippen LogP contribution is -2.43. The first-order valence-corrected chi connectivity index (χ1v) is 8.13. The average Bonchev–Trinajstić information content (AvgIpc) is 3.05. The molecule has 1 aromatic heterocycles. The van der Waals surface area contributed by atoms with Crippen LogP contribution in [0.1, 0.15) is 29.3 Å². The van der Waals surface area contributed by atoms with Gasteiger partial charge in [0, 0.05) is 19.8 Å². The Hall–Kier alpha value is -2.63. The van der Waals surface area contributed by atoms with Gasteiger partial charge in [0.2, 0.25) is 11.8 Å². The predicted octanol–water partition coefficient (Wildman–Crippen LogP) is 1.45. The van der Waals surface area contributed by atoms with Crippen molar-refractivity contribution < 1.29 is 9.59 Å². The Morgan fingerprint density at radius 1 is 1.25 bits per heavy atom. The van der Waals surface area contributed by atoms with Gasteiger partial charge in [0.15, 0.2) is 0 Å². The Bertz CT molecular complexity index is 736. The quantitative estimate of drug-likeness (QED) is 0.925. The molecule has 0 fully saturated rings. The molecule has 0 saturated heterocycles. The molecule has 1 aliphatic rings. The lowest BCUT2D eigenvalue weighted by molar-refractivity contribution is -0.133. The summed E-state index contributed by atoms with van der Waals surface area (Å²) in [5.41, 5.74) is 3.15. The largest absolute Gasteiger partial charge is 0.359 e. The molecule has 0 unspecified atom stereocenters. The molecule has 0 saturated carbocycles. The van der Waals surface area contributed by atoms with Gasteiger partial charge in [-0.05, 0) is 18.6 Å². The Balaban J connectivity index is 1.73. The summed E-state index contributed by atoms with van der Waals surface area (Å²) < 4.78 is 1.87. The third-order valence-corrected chi connectivity index (χ3v) is 4.41. The molecule has 0 aliphatic carbocycles. The Labute approximate surface area is 141 Å². The fraction of sp³-hybridized carbons (Fsp3) is 0.389. The molecule has 1 aliphatic heterocycles. The molecule has 24 heavy (non-hydrogen) atoms. The SMILES string of the molecule is CNC(=O)C[C@@H]1CN(C(=O)Cc2ccc(C)cc2)Cc2ccnn21. The van der Waals surface area contributed by atoms with Crippen LogP contribution in [0.15, 0.2) is 36.5 Å². The molecule has 2 amide bonds. The van der Waals surface area contributed by atoms with Gasteiger partial charge in [-0.2, -0.15) is 5.10 Å².